The Morgan fingerprint density at radius 3 is 2.26 bits per heavy atom. The molecule has 2 aromatic carbocycles. The summed E-state index contributed by atoms with van der Waals surface area (Å²) in [6.45, 7) is 2.28. The van der Waals surface area contributed by atoms with Crippen LogP contribution in [0.2, 0.25) is 0 Å². The van der Waals surface area contributed by atoms with Gasteiger partial charge in [-0.15, -0.1) is 0 Å². The second-order valence-electron chi connectivity index (χ2n) is 9.91. The molecule has 3 aliphatic rings. The van der Waals surface area contributed by atoms with Crippen molar-refractivity contribution in [1.82, 2.24) is 9.80 Å². The summed E-state index contributed by atoms with van der Waals surface area (Å²) in [7, 11) is 0. The van der Waals surface area contributed by atoms with Crippen LogP contribution in [0.1, 0.15) is 36.8 Å². The highest BCUT2D eigenvalue weighted by Crippen LogP contribution is 2.37. The van der Waals surface area contributed by atoms with Crippen molar-refractivity contribution in [3.8, 4) is 17.2 Å². The molecule has 0 aromatic heterocycles. The zero-order valence-electron chi connectivity index (χ0n) is 20.8. The SMILES string of the molecule is N#Cc1cccc(-c2cc(F)c(CN3CCC4(CC3)CN(C3CC3)C(=O)CO4)c(F)c2)c1.O=C(O)C(F)(F)F. The zero-order chi connectivity index (χ0) is 28.4. The molecule has 2 saturated heterocycles. The lowest BCUT2D eigenvalue weighted by Crippen LogP contribution is -2.59. The van der Waals surface area contributed by atoms with Gasteiger partial charge in [0.15, 0.2) is 0 Å². The van der Waals surface area contributed by atoms with Gasteiger partial charge in [0, 0.05) is 31.2 Å². The fourth-order valence-electron chi connectivity index (χ4n) is 4.79. The molecule has 0 atom stereocenters. The number of carboxylic acids is 1. The van der Waals surface area contributed by atoms with Crippen molar-refractivity contribution >= 4 is 11.9 Å². The van der Waals surface area contributed by atoms with E-state index in [0.29, 0.717) is 42.4 Å². The van der Waals surface area contributed by atoms with Gasteiger partial charge < -0.3 is 14.7 Å². The van der Waals surface area contributed by atoms with E-state index < -0.39 is 23.8 Å². The molecule has 7 nitrogen and oxygen atoms in total. The number of carboxylic acid groups (broad SMARTS) is 1. The van der Waals surface area contributed by atoms with Crippen LogP contribution < -0.4 is 0 Å². The fraction of sp³-hybridized carbons (Fsp3) is 0.444. The first-order valence-corrected chi connectivity index (χ1v) is 12.4. The third-order valence-corrected chi connectivity index (χ3v) is 7.13. The number of benzene rings is 2. The van der Waals surface area contributed by atoms with Crippen LogP contribution in [0.15, 0.2) is 36.4 Å². The van der Waals surface area contributed by atoms with E-state index in [9.17, 15) is 26.7 Å². The highest BCUT2D eigenvalue weighted by Gasteiger charge is 2.46. The number of alkyl halides is 3. The quantitative estimate of drug-likeness (QED) is 0.563. The number of morpholine rings is 1. The molecule has 0 radical (unpaired) electrons. The smallest absolute Gasteiger partial charge is 0.475 e. The average molecular weight is 552 g/mol. The number of hydrogen-bond acceptors (Lipinski definition) is 5. The Morgan fingerprint density at radius 1 is 1.10 bits per heavy atom. The van der Waals surface area contributed by atoms with Gasteiger partial charge in [-0.2, -0.15) is 18.4 Å². The van der Waals surface area contributed by atoms with Crippen LogP contribution in [0.5, 0.6) is 0 Å². The highest BCUT2D eigenvalue weighted by molar-refractivity contribution is 5.79. The van der Waals surface area contributed by atoms with Crippen molar-refractivity contribution < 1.29 is 41.4 Å². The van der Waals surface area contributed by atoms with Crippen LogP contribution in [0.25, 0.3) is 11.1 Å². The molecule has 12 heteroatoms. The molecule has 2 aromatic rings. The summed E-state index contributed by atoms with van der Waals surface area (Å²) in [4.78, 5) is 25.1. The van der Waals surface area contributed by atoms with E-state index in [2.05, 4.69) is 0 Å². The lowest BCUT2D eigenvalue weighted by atomic mass is 9.89. The minimum absolute atomic E-state index is 0.0560. The maximum Gasteiger partial charge on any atom is 0.490 e. The van der Waals surface area contributed by atoms with Crippen LogP contribution in [0.4, 0.5) is 22.0 Å². The predicted octanol–water partition coefficient (Wildman–Crippen LogP) is 4.49. The maximum absolute atomic E-state index is 14.9. The fourth-order valence-corrected chi connectivity index (χ4v) is 4.79. The van der Waals surface area contributed by atoms with E-state index in [-0.39, 0.29) is 30.2 Å². The number of carbonyl (C=O) groups is 2. The Kier molecular flexibility index (Phi) is 8.23. The number of nitrogens with zero attached hydrogens (tertiary/aromatic N) is 3. The van der Waals surface area contributed by atoms with Gasteiger partial charge in [0.2, 0.25) is 5.91 Å². The largest absolute Gasteiger partial charge is 0.490 e. The Bertz CT molecular complexity index is 1260. The monoisotopic (exact) mass is 551 g/mol. The number of hydrogen-bond donors (Lipinski definition) is 1. The van der Waals surface area contributed by atoms with E-state index in [1.165, 1.54) is 12.1 Å². The van der Waals surface area contributed by atoms with E-state index in [4.69, 9.17) is 19.9 Å². The molecule has 1 amide bonds. The second kappa shape index (κ2) is 11.3. The van der Waals surface area contributed by atoms with Gasteiger partial charge >= 0.3 is 12.1 Å². The topological polar surface area (TPSA) is 93.9 Å². The Morgan fingerprint density at radius 2 is 1.72 bits per heavy atom. The number of piperidine rings is 1. The average Bonchev–Trinajstić information content (AvgIpc) is 3.74. The molecule has 3 fully saturated rings. The van der Waals surface area contributed by atoms with Gasteiger partial charge in [-0.1, -0.05) is 12.1 Å². The van der Waals surface area contributed by atoms with Crippen LogP contribution >= 0.6 is 0 Å². The summed E-state index contributed by atoms with van der Waals surface area (Å²) in [6.07, 6.45) is -1.45. The number of ether oxygens (including phenoxy) is 1. The molecule has 208 valence electrons. The summed E-state index contributed by atoms with van der Waals surface area (Å²) in [5, 5.41) is 16.2. The first-order valence-electron chi connectivity index (χ1n) is 12.4. The van der Waals surface area contributed by atoms with Crippen molar-refractivity contribution in [3.63, 3.8) is 0 Å². The summed E-state index contributed by atoms with van der Waals surface area (Å²) >= 11 is 0. The lowest BCUT2D eigenvalue weighted by molar-refractivity contribution is -0.192. The molecule has 5 rings (SSSR count). The van der Waals surface area contributed by atoms with Gasteiger partial charge in [-0.3, -0.25) is 9.69 Å². The minimum atomic E-state index is -5.08. The number of aliphatic carboxylic acids is 1. The molecule has 1 N–H and O–H groups in total. The Balaban J connectivity index is 0.000000448. The molecule has 2 heterocycles. The van der Waals surface area contributed by atoms with Crippen molar-refractivity contribution in [2.75, 3.05) is 26.2 Å². The summed E-state index contributed by atoms with van der Waals surface area (Å²) in [6, 6.07) is 11.8. The third-order valence-electron chi connectivity index (χ3n) is 7.13. The van der Waals surface area contributed by atoms with Gasteiger partial charge in [0.1, 0.15) is 18.2 Å². The molecule has 1 saturated carbocycles. The van der Waals surface area contributed by atoms with Crippen LogP contribution in [-0.2, 0) is 20.9 Å². The summed E-state index contributed by atoms with van der Waals surface area (Å²) in [5.74, 6) is -3.85. The maximum atomic E-state index is 14.9. The Labute approximate surface area is 221 Å². The first-order chi connectivity index (χ1) is 18.4. The normalized spacial score (nSPS) is 19.3. The first kappa shape index (κ1) is 28.4. The summed E-state index contributed by atoms with van der Waals surface area (Å²) in [5.41, 5.74) is 1.19. The van der Waals surface area contributed by atoms with Crippen LogP contribution in [-0.4, -0.2) is 70.8 Å². The van der Waals surface area contributed by atoms with Crippen LogP contribution in [0, 0.1) is 23.0 Å². The number of amides is 1. The number of halogens is 5. The molecule has 0 bridgehead atoms. The van der Waals surface area contributed by atoms with Crippen molar-refractivity contribution in [3.05, 3.63) is 59.2 Å². The zero-order valence-corrected chi connectivity index (χ0v) is 20.8. The highest BCUT2D eigenvalue weighted by atomic mass is 19.4. The van der Waals surface area contributed by atoms with E-state index >= 15 is 0 Å². The Hall–Kier alpha value is -3.56. The molecular formula is C27H26F5N3O4. The van der Waals surface area contributed by atoms with Gasteiger partial charge in [-0.05, 0) is 61.1 Å². The molecule has 0 unspecified atom stereocenters. The minimum Gasteiger partial charge on any atom is -0.475 e. The molecular weight excluding hydrogens is 525 g/mol. The third kappa shape index (κ3) is 6.91. The molecule has 2 aliphatic heterocycles. The standard InChI is InChI=1S/C25H25F2N3O2.C2HF3O2/c26-22-11-19(18-3-1-2-17(10-18)13-28)12-23(27)21(22)14-29-8-6-25(7-9-29)16-30(20-4-5-20)24(31)15-32-25;3-2(4,5)1(6)7/h1-3,10-12,20H,4-9,14-16H2;(H,6,7). The van der Waals surface area contributed by atoms with E-state index in [1.807, 2.05) is 15.9 Å². The molecule has 39 heavy (non-hydrogen) atoms. The van der Waals surface area contributed by atoms with Crippen molar-refractivity contribution in [1.29, 1.82) is 5.26 Å². The second-order valence-corrected chi connectivity index (χ2v) is 9.91. The van der Waals surface area contributed by atoms with E-state index in [0.717, 1.165) is 25.7 Å². The number of rotatable bonds is 4. The number of carbonyl (C=O) groups excluding carboxylic acids is 1. The summed E-state index contributed by atoms with van der Waals surface area (Å²) < 4.78 is 67.4. The van der Waals surface area contributed by atoms with Gasteiger partial charge in [0.25, 0.3) is 0 Å². The number of likely N-dealkylation sites (tertiary alicyclic amines) is 1. The van der Waals surface area contributed by atoms with Crippen molar-refractivity contribution in [2.24, 2.45) is 0 Å². The van der Waals surface area contributed by atoms with E-state index in [1.54, 1.807) is 24.3 Å². The van der Waals surface area contributed by atoms with Crippen molar-refractivity contribution in [2.45, 2.75) is 50.0 Å². The van der Waals surface area contributed by atoms with Gasteiger partial charge in [-0.25, -0.2) is 13.6 Å². The van der Waals surface area contributed by atoms with Gasteiger partial charge in [0.05, 0.1) is 23.8 Å². The predicted molar refractivity (Wildman–Crippen MR) is 128 cm³/mol. The molecule has 1 aliphatic carbocycles. The van der Waals surface area contributed by atoms with Crippen LogP contribution in [0.3, 0.4) is 0 Å². The lowest BCUT2D eigenvalue weighted by Gasteiger charge is -2.47. The molecule has 1 spiro atoms. The number of nitriles is 1.